The summed E-state index contributed by atoms with van der Waals surface area (Å²) in [4.78, 5) is 28.3. The number of carbonyl (C=O) groups is 2. The molecule has 20 heavy (non-hydrogen) atoms. The maximum Gasteiger partial charge on any atom is 0.354 e. The average Bonchev–Trinajstić information content (AvgIpc) is 2.39. The number of carboxylic acid groups (broad SMARTS) is 1. The van der Waals surface area contributed by atoms with E-state index >= 15 is 0 Å². The highest BCUT2D eigenvalue weighted by Crippen LogP contribution is 2.23. The summed E-state index contributed by atoms with van der Waals surface area (Å²) in [6, 6.07) is 2.37. The number of hydrogen-bond acceptors (Lipinski definition) is 3. The minimum Gasteiger partial charge on any atom is -0.477 e. The highest BCUT2D eigenvalue weighted by atomic mass is 16.4. The van der Waals surface area contributed by atoms with Gasteiger partial charge in [0.15, 0.2) is 5.69 Å². The van der Waals surface area contributed by atoms with Crippen molar-refractivity contribution in [1.82, 2.24) is 4.98 Å². The number of urea groups is 1. The standard InChI is InChI=1S/C14H21N3O3/c1-4-6-10(5-2)17(14(15)20)12-9(3)7-8-11(16-12)13(18)19/h7-8,10H,4-6H2,1-3H3,(H2,15,20)(H,18,19). The SMILES string of the molecule is CCCC(CC)N(C(N)=O)c1nc(C(=O)O)ccc1C. The van der Waals surface area contributed by atoms with Crippen LogP contribution in [-0.4, -0.2) is 28.1 Å². The second-order valence-corrected chi connectivity index (χ2v) is 4.70. The number of aromatic nitrogens is 1. The van der Waals surface area contributed by atoms with Crippen molar-refractivity contribution in [2.75, 3.05) is 4.90 Å². The number of pyridine rings is 1. The van der Waals surface area contributed by atoms with Gasteiger partial charge in [-0.05, 0) is 31.4 Å². The van der Waals surface area contributed by atoms with Crippen molar-refractivity contribution in [2.45, 2.75) is 46.1 Å². The Labute approximate surface area is 118 Å². The van der Waals surface area contributed by atoms with Gasteiger partial charge in [-0.15, -0.1) is 0 Å². The van der Waals surface area contributed by atoms with E-state index in [0.29, 0.717) is 5.82 Å². The molecule has 1 aromatic heterocycles. The van der Waals surface area contributed by atoms with Crippen LogP contribution in [0.3, 0.4) is 0 Å². The molecule has 6 nitrogen and oxygen atoms in total. The molecule has 0 bridgehead atoms. The average molecular weight is 279 g/mol. The minimum absolute atomic E-state index is 0.0762. The zero-order chi connectivity index (χ0) is 15.3. The van der Waals surface area contributed by atoms with Gasteiger partial charge in [-0.2, -0.15) is 0 Å². The van der Waals surface area contributed by atoms with Crippen LogP contribution in [0.2, 0.25) is 0 Å². The number of aryl methyl sites for hydroxylation is 1. The van der Waals surface area contributed by atoms with E-state index in [-0.39, 0.29) is 11.7 Å². The molecular weight excluding hydrogens is 258 g/mol. The van der Waals surface area contributed by atoms with Crippen LogP contribution in [0.25, 0.3) is 0 Å². The number of carboxylic acids is 1. The summed E-state index contributed by atoms with van der Waals surface area (Å²) in [5.41, 5.74) is 6.10. The first-order chi connectivity index (χ1) is 9.42. The molecule has 0 fully saturated rings. The van der Waals surface area contributed by atoms with Crippen molar-refractivity contribution in [2.24, 2.45) is 5.73 Å². The molecule has 0 aliphatic rings. The first-order valence-corrected chi connectivity index (χ1v) is 6.71. The van der Waals surface area contributed by atoms with E-state index < -0.39 is 12.0 Å². The fourth-order valence-electron chi connectivity index (χ4n) is 2.19. The topological polar surface area (TPSA) is 96.5 Å². The lowest BCUT2D eigenvalue weighted by molar-refractivity contribution is 0.0690. The number of rotatable bonds is 6. The van der Waals surface area contributed by atoms with Crippen molar-refractivity contribution >= 4 is 17.8 Å². The normalized spacial score (nSPS) is 11.9. The van der Waals surface area contributed by atoms with Crippen molar-refractivity contribution < 1.29 is 14.7 Å². The Hall–Kier alpha value is -2.11. The van der Waals surface area contributed by atoms with Gasteiger partial charge in [-0.1, -0.05) is 26.3 Å². The molecule has 0 aliphatic carbocycles. The smallest absolute Gasteiger partial charge is 0.354 e. The third-order valence-corrected chi connectivity index (χ3v) is 3.21. The van der Waals surface area contributed by atoms with Gasteiger partial charge in [0.05, 0.1) is 0 Å². The Balaban J connectivity index is 3.30. The van der Waals surface area contributed by atoms with Crippen LogP contribution < -0.4 is 10.6 Å². The van der Waals surface area contributed by atoms with Gasteiger partial charge < -0.3 is 10.8 Å². The highest BCUT2D eigenvalue weighted by Gasteiger charge is 2.25. The molecular formula is C14H21N3O3. The Kier molecular flexibility index (Phi) is 5.49. The summed E-state index contributed by atoms with van der Waals surface area (Å²) in [7, 11) is 0. The number of aromatic carboxylic acids is 1. The van der Waals surface area contributed by atoms with E-state index in [1.165, 1.54) is 11.0 Å². The molecule has 1 heterocycles. The van der Waals surface area contributed by atoms with Crippen LogP contribution in [0.1, 0.15) is 49.2 Å². The van der Waals surface area contributed by atoms with Gasteiger partial charge in [0.2, 0.25) is 0 Å². The van der Waals surface area contributed by atoms with Crippen LogP contribution in [0.4, 0.5) is 10.6 Å². The van der Waals surface area contributed by atoms with Crippen LogP contribution >= 0.6 is 0 Å². The molecule has 0 radical (unpaired) electrons. The molecule has 2 amide bonds. The minimum atomic E-state index is -1.13. The molecule has 110 valence electrons. The number of amides is 2. The third-order valence-electron chi connectivity index (χ3n) is 3.21. The van der Waals surface area contributed by atoms with Gasteiger partial charge in [-0.3, -0.25) is 4.90 Å². The lowest BCUT2D eigenvalue weighted by Crippen LogP contribution is -2.44. The summed E-state index contributed by atoms with van der Waals surface area (Å²) in [5.74, 6) is -0.795. The maximum absolute atomic E-state index is 11.8. The van der Waals surface area contributed by atoms with Crippen molar-refractivity contribution in [3.63, 3.8) is 0 Å². The molecule has 0 saturated carbocycles. The Morgan fingerprint density at radius 1 is 1.40 bits per heavy atom. The molecule has 0 aromatic carbocycles. The van der Waals surface area contributed by atoms with Crippen LogP contribution in [0.15, 0.2) is 12.1 Å². The number of hydrogen-bond donors (Lipinski definition) is 2. The summed E-state index contributed by atoms with van der Waals surface area (Å²) < 4.78 is 0. The second kappa shape index (κ2) is 6.88. The Morgan fingerprint density at radius 3 is 2.50 bits per heavy atom. The fraction of sp³-hybridized carbons (Fsp3) is 0.500. The molecule has 1 aromatic rings. The molecule has 1 unspecified atom stereocenters. The molecule has 1 rings (SSSR count). The van der Waals surface area contributed by atoms with Gasteiger partial charge in [0.1, 0.15) is 5.82 Å². The first-order valence-electron chi connectivity index (χ1n) is 6.71. The van der Waals surface area contributed by atoms with E-state index in [4.69, 9.17) is 10.8 Å². The number of nitrogens with two attached hydrogens (primary N) is 1. The van der Waals surface area contributed by atoms with Crippen LogP contribution in [0.5, 0.6) is 0 Å². The van der Waals surface area contributed by atoms with E-state index in [2.05, 4.69) is 4.98 Å². The van der Waals surface area contributed by atoms with E-state index in [9.17, 15) is 9.59 Å². The largest absolute Gasteiger partial charge is 0.477 e. The Bertz CT molecular complexity index is 502. The lowest BCUT2D eigenvalue weighted by atomic mass is 10.1. The highest BCUT2D eigenvalue weighted by molar-refractivity contribution is 5.92. The van der Waals surface area contributed by atoms with Crippen molar-refractivity contribution in [3.05, 3.63) is 23.4 Å². The molecule has 0 saturated heterocycles. The maximum atomic E-state index is 11.8. The quantitative estimate of drug-likeness (QED) is 0.836. The predicted octanol–water partition coefficient (Wildman–Crippen LogP) is 2.55. The first kappa shape index (κ1) is 15.9. The predicted molar refractivity (Wildman–Crippen MR) is 77.0 cm³/mol. The van der Waals surface area contributed by atoms with Crippen molar-refractivity contribution in [1.29, 1.82) is 0 Å². The van der Waals surface area contributed by atoms with E-state index in [1.54, 1.807) is 13.0 Å². The second-order valence-electron chi connectivity index (χ2n) is 4.70. The van der Waals surface area contributed by atoms with Crippen LogP contribution in [-0.2, 0) is 0 Å². The molecule has 1 atom stereocenters. The summed E-state index contributed by atoms with van der Waals surface area (Å²) in [5, 5.41) is 9.02. The lowest BCUT2D eigenvalue weighted by Gasteiger charge is -2.29. The number of carbonyl (C=O) groups excluding carboxylic acids is 1. The third kappa shape index (κ3) is 3.46. The van der Waals surface area contributed by atoms with Crippen molar-refractivity contribution in [3.8, 4) is 0 Å². The van der Waals surface area contributed by atoms with Gasteiger partial charge in [0.25, 0.3) is 0 Å². The number of nitrogens with zero attached hydrogens (tertiary/aromatic N) is 2. The zero-order valence-electron chi connectivity index (χ0n) is 12.1. The molecule has 0 spiro atoms. The number of primary amides is 1. The van der Waals surface area contributed by atoms with E-state index in [0.717, 1.165) is 24.8 Å². The number of anilines is 1. The van der Waals surface area contributed by atoms with Gasteiger partial charge >= 0.3 is 12.0 Å². The molecule has 3 N–H and O–H groups in total. The fourth-order valence-corrected chi connectivity index (χ4v) is 2.19. The van der Waals surface area contributed by atoms with Crippen LogP contribution in [0, 0.1) is 6.92 Å². The molecule has 0 aliphatic heterocycles. The summed E-state index contributed by atoms with van der Waals surface area (Å²) in [6.07, 6.45) is 2.42. The zero-order valence-corrected chi connectivity index (χ0v) is 12.1. The van der Waals surface area contributed by atoms with E-state index in [1.807, 2.05) is 13.8 Å². The van der Waals surface area contributed by atoms with Gasteiger partial charge in [-0.25, -0.2) is 14.6 Å². The summed E-state index contributed by atoms with van der Waals surface area (Å²) >= 11 is 0. The Morgan fingerprint density at radius 2 is 2.05 bits per heavy atom. The molecule has 6 heteroatoms. The monoisotopic (exact) mass is 279 g/mol. The summed E-state index contributed by atoms with van der Waals surface area (Å²) in [6.45, 7) is 5.77. The van der Waals surface area contributed by atoms with Gasteiger partial charge in [0, 0.05) is 6.04 Å².